The van der Waals surface area contributed by atoms with Crippen LogP contribution < -0.4 is 4.74 Å². The van der Waals surface area contributed by atoms with E-state index in [2.05, 4.69) is 0 Å². The SMILES string of the molecule is COc1ccc(Cl)cc1CC(=O)N1CCN(C(=O)C(C)(C)C)CC1. The highest BCUT2D eigenvalue weighted by atomic mass is 35.5. The first-order valence-electron chi connectivity index (χ1n) is 8.12. The summed E-state index contributed by atoms with van der Waals surface area (Å²) in [6.45, 7) is 8.02. The fourth-order valence-electron chi connectivity index (χ4n) is 2.79. The van der Waals surface area contributed by atoms with Crippen LogP contribution in [0.5, 0.6) is 5.75 Å². The summed E-state index contributed by atoms with van der Waals surface area (Å²) in [5, 5.41) is 0.583. The standard InChI is InChI=1S/C18H25ClN2O3/c1-18(2,3)17(23)21-9-7-20(8-10-21)16(22)12-13-11-14(19)5-6-15(13)24-4/h5-6,11H,7-10,12H2,1-4H3. The lowest BCUT2D eigenvalue weighted by Crippen LogP contribution is -2.53. The molecule has 2 rings (SSSR count). The van der Waals surface area contributed by atoms with Gasteiger partial charge in [-0.15, -0.1) is 0 Å². The van der Waals surface area contributed by atoms with Crippen LogP contribution in [0, 0.1) is 5.41 Å². The molecule has 1 aliphatic rings. The zero-order chi connectivity index (χ0) is 17.9. The molecule has 2 amide bonds. The van der Waals surface area contributed by atoms with E-state index in [1.165, 1.54) is 0 Å². The van der Waals surface area contributed by atoms with Crippen LogP contribution in [0.25, 0.3) is 0 Å². The largest absolute Gasteiger partial charge is 0.496 e. The van der Waals surface area contributed by atoms with Gasteiger partial charge in [-0.05, 0) is 18.2 Å². The number of carbonyl (C=O) groups is 2. The van der Waals surface area contributed by atoms with Crippen molar-refractivity contribution >= 4 is 23.4 Å². The van der Waals surface area contributed by atoms with Crippen molar-refractivity contribution in [2.75, 3.05) is 33.3 Å². The van der Waals surface area contributed by atoms with Crippen LogP contribution in [0.15, 0.2) is 18.2 Å². The predicted molar refractivity (Wildman–Crippen MR) is 94.3 cm³/mol. The maximum atomic E-state index is 12.5. The zero-order valence-electron chi connectivity index (χ0n) is 14.8. The lowest BCUT2D eigenvalue weighted by atomic mass is 9.94. The van der Waals surface area contributed by atoms with E-state index in [1.54, 1.807) is 30.2 Å². The predicted octanol–water partition coefficient (Wildman–Crippen LogP) is 2.61. The highest BCUT2D eigenvalue weighted by Crippen LogP contribution is 2.24. The second kappa shape index (κ2) is 7.43. The minimum absolute atomic E-state index is 0.0263. The summed E-state index contributed by atoms with van der Waals surface area (Å²) >= 11 is 6.02. The molecule has 1 aliphatic heterocycles. The van der Waals surface area contributed by atoms with E-state index in [0.717, 1.165) is 5.56 Å². The van der Waals surface area contributed by atoms with Crippen molar-refractivity contribution < 1.29 is 14.3 Å². The van der Waals surface area contributed by atoms with Gasteiger partial charge in [0.2, 0.25) is 11.8 Å². The van der Waals surface area contributed by atoms with Crippen molar-refractivity contribution in [2.24, 2.45) is 5.41 Å². The Kier molecular flexibility index (Phi) is 5.75. The third-order valence-electron chi connectivity index (χ3n) is 4.15. The molecule has 0 aromatic heterocycles. The molecule has 0 bridgehead atoms. The van der Waals surface area contributed by atoms with E-state index in [-0.39, 0.29) is 23.7 Å². The number of rotatable bonds is 3. The Bertz CT molecular complexity index is 617. The molecule has 1 aromatic carbocycles. The first-order chi connectivity index (χ1) is 11.2. The van der Waals surface area contributed by atoms with Gasteiger partial charge in [-0.2, -0.15) is 0 Å². The Morgan fingerprint density at radius 1 is 1.12 bits per heavy atom. The quantitative estimate of drug-likeness (QED) is 0.840. The lowest BCUT2D eigenvalue weighted by molar-refractivity contribution is -0.144. The fourth-order valence-corrected chi connectivity index (χ4v) is 2.99. The van der Waals surface area contributed by atoms with Gasteiger partial charge in [0.15, 0.2) is 0 Å². The van der Waals surface area contributed by atoms with Gasteiger partial charge in [-0.3, -0.25) is 9.59 Å². The average Bonchev–Trinajstić information content (AvgIpc) is 2.53. The van der Waals surface area contributed by atoms with E-state index in [1.807, 2.05) is 25.7 Å². The van der Waals surface area contributed by atoms with Crippen LogP contribution in [0.1, 0.15) is 26.3 Å². The lowest BCUT2D eigenvalue weighted by Gasteiger charge is -2.37. The van der Waals surface area contributed by atoms with Crippen molar-refractivity contribution in [1.82, 2.24) is 9.80 Å². The molecular weight excluding hydrogens is 328 g/mol. The average molecular weight is 353 g/mol. The van der Waals surface area contributed by atoms with Gasteiger partial charge in [0.1, 0.15) is 5.75 Å². The molecule has 0 spiro atoms. The Morgan fingerprint density at radius 3 is 2.25 bits per heavy atom. The number of methoxy groups -OCH3 is 1. The van der Waals surface area contributed by atoms with Gasteiger partial charge in [-0.1, -0.05) is 32.4 Å². The molecule has 0 unspecified atom stereocenters. The highest BCUT2D eigenvalue weighted by molar-refractivity contribution is 6.30. The number of hydrogen-bond donors (Lipinski definition) is 0. The molecule has 1 saturated heterocycles. The van der Waals surface area contributed by atoms with Gasteiger partial charge < -0.3 is 14.5 Å². The number of ether oxygens (including phenoxy) is 1. The number of halogens is 1. The second-order valence-corrected chi connectivity index (χ2v) is 7.49. The van der Waals surface area contributed by atoms with E-state index < -0.39 is 0 Å². The molecule has 0 radical (unpaired) electrons. The number of benzene rings is 1. The molecule has 24 heavy (non-hydrogen) atoms. The molecule has 0 aliphatic carbocycles. The Hall–Kier alpha value is -1.75. The first-order valence-corrected chi connectivity index (χ1v) is 8.49. The molecule has 132 valence electrons. The smallest absolute Gasteiger partial charge is 0.228 e. The molecule has 0 N–H and O–H groups in total. The summed E-state index contributed by atoms with van der Waals surface area (Å²) < 4.78 is 5.29. The van der Waals surface area contributed by atoms with Crippen LogP contribution in [0.4, 0.5) is 0 Å². The minimum Gasteiger partial charge on any atom is -0.496 e. The van der Waals surface area contributed by atoms with Gasteiger partial charge >= 0.3 is 0 Å². The molecule has 0 atom stereocenters. The van der Waals surface area contributed by atoms with Crippen LogP contribution in [-0.2, 0) is 16.0 Å². The van der Waals surface area contributed by atoms with Crippen LogP contribution in [-0.4, -0.2) is 54.9 Å². The topological polar surface area (TPSA) is 49.9 Å². The number of carbonyl (C=O) groups excluding carboxylic acids is 2. The zero-order valence-corrected chi connectivity index (χ0v) is 15.5. The van der Waals surface area contributed by atoms with E-state index >= 15 is 0 Å². The molecule has 6 heteroatoms. The maximum absolute atomic E-state index is 12.5. The highest BCUT2D eigenvalue weighted by Gasteiger charge is 2.30. The van der Waals surface area contributed by atoms with Crippen molar-refractivity contribution in [3.8, 4) is 5.75 Å². The molecule has 5 nitrogen and oxygen atoms in total. The van der Waals surface area contributed by atoms with Crippen LogP contribution in [0.3, 0.4) is 0 Å². The summed E-state index contributed by atoms with van der Waals surface area (Å²) in [7, 11) is 1.58. The van der Waals surface area contributed by atoms with Gasteiger partial charge in [0.05, 0.1) is 13.5 Å². The minimum atomic E-state index is -0.389. The summed E-state index contributed by atoms with van der Waals surface area (Å²) in [5.41, 5.74) is 0.392. The molecular formula is C18H25ClN2O3. The Morgan fingerprint density at radius 2 is 1.71 bits per heavy atom. The summed E-state index contributed by atoms with van der Waals surface area (Å²) in [4.78, 5) is 28.5. The third-order valence-corrected chi connectivity index (χ3v) is 4.38. The Balaban J connectivity index is 1.96. The van der Waals surface area contributed by atoms with Gasteiger partial charge in [0, 0.05) is 42.2 Å². The Labute approximate surface area is 148 Å². The first kappa shape index (κ1) is 18.6. The van der Waals surface area contributed by atoms with Crippen molar-refractivity contribution in [3.63, 3.8) is 0 Å². The van der Waals surface area contributed by atoms with E-state index in [9.17, 15) is 9.59 Å². The van der Waals surface area contributed by atoms with Crippen molar-refractivity contribution in [3.05, 3.63) is 28.8 Å². The van der Waals surface area contributed by atoms with Gasteiger partial charge in [0.25, 0.3) is 0 Å². The monoisotopic (exact) mass is 352 g/mol. The number of hydrogen-bond acceptors (Lipinski definition) is 3. The summed E-state index contributed by atoms with van der Waals surface area (Å²) in [6.07, 6.45) is 0.247. The van der Waals surface area contributed by atoms with Crippen LogP contribution >= 0.6 is 11.6 Å². The molecule has 1 heterocycles. The second-order valence-electron chi connectivity index (χ2n) is 7.06. The van der Waals surface area contributed by atoms with E-state index in [0.29, 0.717) is 37.0 Å². The van der Waals surface area contributed by atoms with Crippen molar-refractivity contribution in [1.29, 1.82) is 0 Å². The summed E-state index contributed by atoms with van der Waals surface area (Å²) in [5.74, 6) is 0.818. The number of nitrogens with zero attached hydrogens (tertiary/aromatic N) is 2. The summed E-state index contributed by atoms with van der Waals surface area (Å²) in [6, 6.07) is 5.27. The third kappa shape index (κ3) is 4.41. The number of amides is 2. The molecule has 1 fully saturated rings. The van der Waals surface area contributed by atoms with Gasteiger partial charge in [-0.25, -0.2) is 0 Å². The fraction of sp³-hybridized carbons (Fsp3) is 0.556. The maximum Gasteiger partial charge on any atom is 0.228 e. The van der Waals surface area contributed by atoms with Crippen molar-refractivity contribution in [2.45, 2.75) is 27.2 Å². The normalized spacial score (nSPS) is 15.4. The molecule has 1 aromatic rings. The molecule has 0 saturated carbocycles. The van der Waals surface area contributed by atoms with E-state index in [4.69, 9.17) is 16.3 Å². The van der Waals surface area contributed by atoms with Crippen LogP contribution in [0.2, 0.25) is 5.02 Å². The number of piperazine rings is 1.